The van der Waals surface area contributed by atoms with Crippen molar-refractivity contribution in [2.75, 3.05) is 19.8 Å². The van der Waals surface area contributed by atoms with Crippen molar-refractivity contribution in [2.24, 2.45) is 11.7 Å². The number of nitrogens with two attached hydrogens (primary N) is 1. The molecule has 4 nitrogen and oxygen atoms in total. The number of unbranched alkanes of at least 4 members (excludes halogenated alkanes) is 1. The van der Waals surface area contributed by atoms with Crippen LogP contribution in [0.2, 0.25) is 0 Å². The Labute approximate surface area is 111 Å². The van der Waals surface area contributed by atoms with E-state index in [0.717, 1.165) is 45.1 Å². The van der Waals surface area contributed by atoms with E-state index in [1.807, 2.05) is 0 Å². The van der Waals surface area contributed by atoms with Crippen LogP contribution in [0.5, 0.6) is 0 Å². The van der Waals surface area contributed by atoms with Gasteiger partial charge in [-0.1, -0.05) is 32.6 Å². The lowest BCUT2D eigenvalue weighted by Crippen LogP contribution is -2.42. The summed E-state index contributed by atoms with van der Waals surface area (Å²) in [6.07, 6.45) is 7.63. The number of nitrogens with one attached hydrogen (secondary N) is 1. The third-order valence-corrected chi connectivity index (χ3v) is 3.59. The summed E-state index contributed by atoms with van der Waals surface area (Å²) in [7, 11) is 0. The highest BCUT2D eigenvalue weighted by Crippen LogP contribution is 2.22. The zero-order chi connectivity index (χ0) is 13.2. The molecular formula is C14H28N2O2. The minimum absolute atomic E-state index is 0.00291. The second-order valence-electron chi connectivity index (χ2n) is 5.17. The molecule has 3 N–H and O–H groups in total. The van der Waals surface area contributed by atoms with Crippen molar-refractivity contribution in [3.63, 3.8) is 0 Å². The summed E-state index contributed by atoms with van der Waals surface area (Å²) in [5, 5.41) is 2.94. The number of hydrogen-bond donors (Lipinski definition) is 2. The van der Waals surface area contributed by atoms with Gasteiger partial charge in [0.2, 0.25) is 5.91 Å². The summed E-state index contributed by atoms with van der Waals surface area (Å²) in [6.45, 7) is 4.13. The molecule has 1 aliphatic rings. The van der Waals surface area contributed by atoms with Gasteiger partial charge in [-0.3, -0.25) is 4.79 Å². The van der Waals surface area contributed by atoms with Crippen molar-refractivity contribution >= 4 is 5.91 Å². The maximum absolute atomic E-state index is 12.0. The molecule has 0 aliphatic heterocycles. The summed E-state index contributed by atoms with van der Waals surface area (Å²) in [5.74, 6) is 0.117. The molecule has 1 saturated carbocycles. The second kappa shape index (κ2) is 9.34. The average Bonchev–Trinajstić information content (AvgIpc) is 2.58. The van der Waals surface area contributed by atoms with Gasteiger partial charge in [0.05, 0.1) is 12.5 Å². The van der Waals surface area contributed by atoms with E-state index in [1.165, 1.54) is 6.42 Å². The number of rotatable bonds is 7. The first-order chi connectivity index (χ1) is 8.75. The smallest absolute Gasteiger partial charge is 0.224 e. The third-order valence-electron chi connectivity index (χ3n) is 3.59. The van der Waals surface area contributed by atoms with Gasteiger partial charge in [0, 0.05) is 19.2 Å². The number of ether oxygens (including phenoxy) is 1. The third kappa shape index (κ3) is 5.83. The molecule has 0 radical (unpaired) electrons. The number of carbonyl (C=O) groups is 1. The van der Waals surface area contributed by atoms with E-state index < -0.39 is 0 Å². The molecule has 18 heavy (non-hydrogen) atoms. The predicted molar refractivity (Wildman–Crippen MR) is 73.3 cm³/mol. The Morgan fingerprint density at radius 1 is 1.28 bits per heavy atom. The molecule has 0 bridgehead atoms. The van der Waals surface area contributed by atoms with Gasteiger partial charge in [0.15, 0.2) is 0 Å². The van der Waals surface area contributed by atoms with Crippen molar-refractivity contribution < 1.29 is 9.53 Å². The molecule has 0 spiro atoms. The Balaban J connectivity index is 2.14. The summed E-state index contributed by atoms with van der Waals surface area (Å²) < 4.78 is 5.42. The lowest BCUT2D eigenvalue weighted by Gasteiger charge is -2.20. The number of hydrogen-bond acceptors (Lipinski definition) is 3. The van der Waals surface area contributed by atoms with Gasteiger partial charge in [-0.2, -0.15) is 0 Å². The molecule has 1 amide bonds. The van der Waals surface area contributed by atoms with Gasteiger partial charge in [0.1, 0.15) is 0 Å². The summed E-state index contributed by atoms with van der Waals surface area (Å²) in [5.41, 5.74) is 6.06. The highest BCUT2D eigenvalue weighted by Gasteiger charge is 2.26. The van der Waals surface area contributed by atoms with E-state index in [0.29, 0.717) is 13.2 Å². The van der Waals surface area contributed by atoms with Gasteiger partial charge in [-0.15, -0.1) is 0 Å². The van der Waals surface area contributed by atoms with Crippen molar-refractivity contribution in [1.29, 1.82) is 0 Å². The van der Waals surface area contributed by atoms with Crippen molar-refractivity contribution in [3.8, 4) is 0 Å². The zero-order valence-corrected chi connectivity index (χ0v) is 11.6. The molecule has 0 heterocycles. The van der Waals surface area contributed by atoms with Crippen LogP contribution in [-0.2, 0) is 9.53 Å². The Bertz CT molecular complexity index is 234. The lowest BCUT2D eigenvalue weighted by molar-refractivity contribution is -0.126. The fraction of sp³-hybridized carbons (Fsp3) is 0.929. The topological polar surface area (TPSA) is 64.3 Å². The molecule has 2 atom stereocenters. The fourth-order valence-electron chi connectivity index (χ4n) is 2.39. The first-order valence-corrected chi connectivity index (χ1v) is 7.36. The normalized spacial score (nSPS) is 24.6. The molecule has 1 aliphatic carbocycles. The van der Waals surface area contributed by atoms with Crippen LogP contribution in [0.15, 0.2) is 0 Å². The second-order valence-corrected chi connectivity index (χ2v) is 5.17. The molecule has 1 fully saturated rings. The first kappa shape index (κ1) is 15.4. The predicted octanol–water partition coefficient (Wildman–Crippen LogP) is 1.83. The van der Waals surface area contributed by atoms with E-state index in [4.69, 9.17) is 10.5 Å². The van der Waals surface area contributed by atoms with E-state index >= 15 is 0 Å². The van der Waals surface area contributed by atoms with Gasteiger partial charge in [0.25, 0.3) is 0 Å². The molecule has 4 heteroatoms. The standard InChI is InChI=1S/C14H28N2O2/c1-2-3-10-18-11-9-16-14(17)12-7-5-4-6-8-13(12)15/h12-13H,2-11,15H2,1H3,(H,16,17). The van der Waals surface area contributed by atoms with Crippen molar-refractivity contribution in [2.45, 2.75) is 57.9 Å². The van der Waals surface area contributed by atoms with Crippen LogP contribution in [0.1, 0.15) is 51.9 Å². The van der Waals surface area contributed by atoms with Crippen LogP contribution in [0.3, 0.4) is 0 Å². The van der Waals surface area contributed by atoms with E-state index in [9.17, 15) is 4.79 Å². The summed E-state index contributed by atoms with van der Waals surface area (Å²) >= 11 is 0. The van der Waals surface area contributed by atoms with Gasteiger partial charge in [-0.05, 0) is 19.3 Å². The SMILES string of the molecule is CCCCOCCNC(=O)C1CCCCCC1N. The van der Waals surface area contributed by atoms with Crippen LogP contribution in [0.4, 0.5) is 0 Å². The average molecular weight is 256 g/mol. The molecule has 106 valence electrons. The Hall–Kier alpha value is -0.610. The van der Waals surface area contributed by atoms with Gasteiger partial charge >= 0.3 is 0 Å². The Morgan fingerprint density at radius 3 is 2.83 bits per heavy atom. The van der Waals surface area contributed by atoms with E-state index in [-0.39, 0.29) is 17.9 Å². The minimum atomic E-state index is 0.00291. The van der Waals surface area contributed by atoms with Gasteiger partial charge in [-0.25, -0.2) is 0 Å². The van der Waals surface area contributed by atoms with Gasteiger partial charge < -0.3 is 15.8 Å². The molecular weight excluding hydrogens is 228 g/mol. The first-order valence-electron chi connectivity index (χ1n) is 7.36. The van der Waals surface area contributed by atoms with E-state index in [1.54, 1.807) is 0 Å². The van der Waals surface area contributed by atoms with Crippen molar-refractivity contribution in [3.05, 3.63) is 0 Å². The summed E-state index contributed by atoms with van der Waals surface area (Å²) in [4.78, 5) is 12.0. The largest absolute Gasteiger partial charge is 0.380 e. The molecule has 0 aromatic rings. The lowest BCUT2D eigenvalue weighted by atomic mass is 9.95. The zero-order valence-electron chi connectivity index (χ0n) is 11.6. The van der Waals surface area contributed by atoms with Crippen LogP contribution in [0.25, 0.3) is 0 Å². The van der Waals surface area contributed by atoms with Crippen molar-refractivity contribution in [1.82, 2.24) is 5.32 Å². The monoisotopic (exact) mass is 256 g/mol. The molecule has 0 aromatic heterocycles. The fourth-order valence-corrected chi connectivity index (χ4v) is 2.39. The Kier molecular flexibility index (Phi) is 8.01. The summed E-state index contributed by atoms with van der Waals surface area (Å²) in [6, 6.07) is 0.0357. The number of carbonyl (C=O) groups excluding carboxylic acids is 1. The molecule has 0 saturated heterocycles. The maximum atomic E-state index is 12.0. The highest BCUT2D eigenvalue weighted by molar-refractivity contribution is 5.79. The van der Waals surface area contributed by atoms with Crippen LogP contribution >= 0.6 is 0 Å². The quantitative estimate of drug-likeness (QED) is 0.539. The maximum Gasteiger partial charge on any atom is 0.224 e. The van der Waals surface area contributed by atoms with E-state index in [2.05, 4.69) is 12.2 Å². The minimum Gasteiger partial charge on any atom is -0.380 e. The Morgan fingerprint density at radius 2 is 2.06 bits per heavy atom. The van der Waals surface area contributed by atoms with Crippen LogP contribution < -0.4 is 11.1 Å². The highest BCUT2D eigenvalue weighted by atomic mass is 16.5. The molecule has 2 unspecified atom stereocenters. The van der Waals surface area contributed by atoms with Crippen LogP contribution in [-0.4, -0.2) is 31.7 Å². The number of amides is 1. The van der Waals surface area contributed by atoms with Crippen LogP contribution in [0, 0.1) is 5.92 Å². The molecule has 1 rings (SSSR count). The molecule has 0 aromatic carbocycles.